The number of ether oxygens (including phenoxy) is 2. The van der Waals surface area contributed by atoms with Gasteiger partial charge in [0.2, 0.25) is 11.8 Å². The summed E-state index contributed by atoms with van der Waals surface area (Å²) in [5.74, 6) is -2.50. The number of amides is 2. The van der Waals surface area contributed by atoms with E-state index in [0.717, 1.165) is 44.9 Å². The maximum atomic E-state index is 14.2. The van der Waals surface area contributed by atoms with Gasteiger partial charge in [0, 0.05) is 25.7 Å². The van der Waals surface area contributed by atoms with Crippen molar-refractivity contribution < 1.29 is 29.0 Å². The Labute approximate surface area is 207 Å². The number of aliphatic hydroxyl groups excluding tert-OH is 1. The van der Waals surface area contributed by atoms with Crippen LogP contribution in [0.15, 0.2) is 24.3 Å². The molecule has 0 aromatic heterocycles. The number of rotatable bonds is 4. The summed E-state index contributed by atoms with van der Waals surface area (Å²) >= 11 is 0. The molecule has 4 heterocycles. The van der Waals surface area contributed by atoms with Gasteiger partial charge in [-0.1, -0.05) is 43.6 Å². The standard InChI is InChI=1S/C27H38N2O6/c1-26-13-7-2-3-8-18-34-25(33)21(26)20-23(31)29(16-10-17-30)22-24(32)28(19-11-5-4-6-12-19)15-9-14-27(20,22)35-26/h7,9,13-14,19-22,30H,2-6,8,10-12,15-18H2,1H3/b13-7-/t20-,21+,22?,26-,27-/m0/s1. The van der Waals surface area contributed by atoms with Crippen molar-refractivity contribution in [1.29, 1.82) is 0 Å². The van der Waals surface area contributed by atoms with Crippen LogP contribution < -0.4 is 0 Å². The number of likely N-dealkylation sites (tertiary alicyclic amines) is 1. The Morgan fingerprint density at radius 3 is 2.57 bits per heavy atom. The highest BCUT2D eigenvalue weighted by atomic mass is 16.6. The first-order valence-corrected chi connectivity index (χ1v) is 13.4. The lowest BCUT2D eigenvalue weighted by Gasteiger charge is -2.40. The minimum Gasteiger partial charge on any atom is -0.465 e. The molecule has 1 spiro atoms. The molecule has 8 nitrogen and oxygen atoms in total. The average Bonchev–Trinajstić information content (AvgIpc) is 3.17. The van der Waals surface area contributed by atoms with Crippen molar-refractivity contribution in [2.24, 2.45) is 11.8 Å². The van der Waals surface area contributed by atoms with Gasteiger partial charge in [0.05, 0.1) is 18.1 Å². The first kappa shape index (κ1) is 24.5. The molecule has 0 aromatic rings. The van der Waals surface area contributed by atoms with Gasteiger partial charge in [0.1, 0.15) is 17.6 Å². The lowest BCUT2D eigenvalue weighted by Crippen LogP contribution is -2.57. The number of nitrogens with zero attached hydrogens (tertiary/aromatic N) is 2. The SMILES string of the molecule is C[C@]12/C=C\CCCCOC(=O)[C@H]1[C@H]1C(=O)N(CCCO)C3C(=O)N(C4CCCCC4)CC=C[C@@]31O2. The molecule has 0 aromatic carbocycles. The molecule has 1 unspecified atom stereocenters. The van der Waals surface area contributed by atoms with Gasteiger partial charge < -0.3 is 24.4 Å². The van der Waals surface area contributed by atoms with E-state index < -0.39 is 35.0 Å². The molecule has 5 atom stereocenters. The van der Waals surface area contributed by atoms with Gasteiger partial charge in [-0.3, -0.25) is 14.4 Å². The molecule has 4 aliphatic heterocycles. The van der Waals surface area contributed by atoms with Crippen molar-refractivity contribution in [3.8, 4) is 0 Å². The maximum absolute atomic E-state index is 14.2. The van der Waals surface area contributed by atoms with Crippen LogP contribution in [0.1, 0.15) is 64.7 Å². The van der Waals surface area contributed by atoms with E-state index in [1.165, 1.54) is 6.42 Å². The third-order valence-corrected chi connectivity index (χ3v) is 8.60. The minimum absolute atomic E-state index is 0.0860. The fourth-order valence-electron chi connectivity index (χ4n) is 7.02. The van der Waals surface area contributed by atoms with Crippen molar-refractivity contribution >= 4 is 17.8 Å². The number of aliphatic hydroxyl groups is 1. The number of cyclic esters (lactones) is 1. The summed E-state index contributed by atoms with van der Waals surface area (Å²) in [5, 5.41) is 9.52. The number of esters is 1. The van der Waals surface area contributed by atoms with Crippen molar-refractivity contribution in [1.82, 2.24) is 9.80 Å². The molecule has 1 N–H and O–H groups in total. The highest BCUT2D eigenvalue weighted by Crippen LogP contribution is 2.57. The molecular formula is C27H38N2O6. The van der Waals surface area contributed by atoms with Crippen LogP contribution >= 0.6 is 0 Å². The van der Waals surface area contributed by atoms with Crippen LogP contribution in [0.5, 0.6) is 0 Å². The summed E-state index contributed by atoms with van der Waals surface area (Å²) in [6.07, 6.45) is 15.9. The number of hydrogen-bond acceptors (Lipinski definition) is 6. The van der Waals surface area contributed by atoms with E-state index in [0.29, 0.717) is 19.6 Å². The predicted molar refractivity (Wildman–Crippen MR) is 128 cm³/mol. The smallest absolute Gasteiger partial charge is 0.313 e. The van der Waals surface area contributed by atoms with Gasteiger partial charge in [-0.15, -0.1) is 0 Å². The van der Waals surface area contributed by atoms with Crippen molar-refractivity contribution in [3.63, 3.8) is 0 Å². The fraction of sp³-hybridized carbons (Fsp3) is 0.741. The van der Waals surface area contributed by atoms with Gasteiger partial charge in [-0.25, -0.2) is 0 Å². The lowest BCUT2D eigenvalue weighted by molar-refractivity contribution is -0.160. The Morgan fingerprint density at radius 2 is 1.80 bits per heavy atom. The zero-order chi connectivity index (χ0) is 24.6. The Hall–Kier alpha value is -2.19. The zero-order valence-electron chi connectivity index (χ0n) is 20.7. The Balaban J connectivity index is 1.59. The highest BCUT2D eigenvalue weighted by molar-refractivity contribution is 5.99. The van der Waals surface area contributed by atoms with Crippen LogP contribution in [-0.4, -0.2) is 82.3 Å². The number of carbonyl (C=O) groups is 3. The Kier molecular flexibility index (Phi) is 6.79. The molecule has 5 rings (SSSR count). The van der Waals surface area contributed by atoms with E-state index in [9.17, 15) is 19.5 Å². The summed E-state index contributed by atoms with van der Waals surface area (Å²) in [4.78, 5) is 45.2. The van der Waals surface area contributed by atoms with E-state index in [1.54, 1.807) is 4.90 Å². The third-order valence-electron chi connectivity index (χ3n) is 8.60. The summed E-state index contributed by atoms with van der Waals surface area (Å²) in [7, 11) is 0. The molecule has 1 aliphatic carbocycles. The lowest BCUT2D eigenvalue weighted by atomic mass is 9.74. The Bertz CT molecular complexity index is 911. The molecule has 192 valence electrons. The van der Waals surface area contributed by atoms with Crippen LogP contribution in [0, 0.1) is 11.8 Å². The molecular weight excluding hydrogens is 448 g/mol. The third kappa shape index (κ3) is 4.02. The Morgan fingerprint density at radius 1 is 1.00 bits per heavy atom. The van der Waals surface area contributed by atoms with E-state index in [2.05, 4.69) is 0 Å². The topological polar surface area (TPSA) is 96.4 Å². The molecule has 35 heavy (non-hydrogen) atoms. The molecule has 8 heteroatoms. The summed E-state index contributed by atoms with van der Waals surface area (Å²) < 4.78 is 12.4. The number of carbonyl (C=O) groups excluding carboxylic acids is 3. The second-order valence-corrected chi connectivity index (χ2v) is 10.9. The van der Waals surface area contributed by atoms with Crippen molar-refractivity contribution in [3.05, 3.63) is 24.3 Å². The van der Waals surface area contributed by atoms with E-state index in [1.807, 2.05) is 36.1 Å². The first-order valence-electron chi connectivity index (χ1n) is 13.4. The molecule has 2 saturated heterocycles. The predicted octanol–water partition coefficient (Wildman–Crippen LogP) is 2.35. The molecule has 1 saturated carbocycles. The van der Waals surface area contributed by atoms with Gasteiger partial charge in [-0.2, -0.15) is 0 Å². The van der Waals surface area contributed by atoms with E-state index in [-0.39, 0.29) is 31.0 Å². The number of hydrogen-bond donors (Lipinski definition) is 1. The average molecular weight is 487 g/mol. The van der Waals surface area contributed by atoms with Gasteiger partial charge in [0.15, 0.2) is 0 Å². The van der Waals surface area contributed by atoms with E-state index >= 15 is 0 Å². The second-order valence-electron chi connectivity index (χ2n) is 10.9. The van der Waals surface area contributed by atoms with E-state index in [4.69, 9.17) is 9.47 Å². The van der Waals surface area contributed by atoms with Crippen LogP contribution in [0.3, 0.4) is 0 Å². The largest absolute Gasteiger partial charge is 0.465 e. The first-order chi connectivity index (χ1) is 16.9. The van der Waals surface area contributed by atoms with Crippen molar-refractivity contribution in [2.45, 2.75) is 88.0 Å². The fourth-order valence-corrected chi connectivity index (χ4v) is 7.02. The second kappa shape index (κ2) is 9.69. The molecule has 2 amide bonds. The summed E-state index contributed by atoms with van der Waals surface area (Å²) in [6, 6.07) is -0.713. The minimum atomic E-state index is -1.25. The zero-order valence-corrected chi connectivity index (χ0v) is 20.7. The van der Waals surface area contributed by atoms with Gasteiger partial charge >= 0.3 is 5.97 Å². The number of allylic oxidation sites excluding steroid dienone is 1. The normalized spacial score (nSPS) is 39.0. The molecule has 3 fully saturated rings. The molecule has 0 radical (unpaired) electrons. The van der Waals surface area contributed by atoms with Gasteiger partial charge in [0.25, 0.3) is 0 Å². The van der Waals surface area contributed by atoms with Crippen LogP contribution in [-0.2, 0) is 23.9 Å². The molecule has 5 aliphatic rings. The van der Waals surface area contributed by atoms with Crippen LogP contribution in [0.4, 0.5) is 0 Å². The quantitative estimate of drug-likeness (QED) is 0.484. The summed E-state index contributed by atoms with van der Waals surface area (Å²) in [6.45, 7) is 2.79. The summed E-state index contributed by atoms with van der Waals surface area (Å²) in [5.41, 5.74) is -2.30. The number of fused-ring (bicyclic) bond motifs is 2. The van der Waals surface area contributed by atoms with Crippen LogP contribution in [0.25, 0.3) is 0 Å². The van der Waals surface area contributed by atoms with Gasteiger partial charge in [-0.05, 0) is 45.4 Å². The van der Waals surface area contributed by atoms with Crippen molar-refractivity contribution in [2.75, 3.05) is 26.3 Å². The monoisotopic (exact) mass is 486 g/mol. The highest BCUT2D eigenvalue weighted by Gasteiger charge is 2.74. The van der Waals surface area contributed by atoms with Crippen LogP contribution in [0.2, 0.25) is 0 Å². The molecule has 0 bridgehead atoms. The maximum Gasteiger partial charge on any atom is 0.313 e.